The van der Waals surface area contributed by atoms with Crippen LogP contribution in [0.15, 0.2) is 91.3 Å². The molecular weight excluding hydrogens is 614 g/mol. The third kappa shape index (κ3) is 8.02. The first kappa shape index (κ1) is 33.5. The van der Waals surface area contributed by atoms with Crippen molar-refractivity contribution >= 4 is 33.8 Å². The molecule has 10 nitrogen and oxygen atoms in total. The van der Waals surface area contributed by atoms with Crippen molar-refractivity contribution in [3.63, 3.8) is 0 Å². The van der Waals surface area contributed by atoms with Gasteiger partial charge < -0.3 is 29.9 Å². The molecule has 3 heterocycles. The molecule has 0 radical (unpaired) electrons. The largest absolute Gasteiger partial charge is 0.444 e. The van der Waals surface area contributed by atoms with Crippen LogP contribution in [0.25, 0.3) is 21.8 Å². The fraction of sp³-hybridized carbons (Fsp3) is 0.333. The number of hydrogen-bond acceptors (Lipinski definition) is 5. The molecular formula is C39H45N7O3. The molecule has 0 saturated carbocycles. The number of alkyl carbamates (subject to hydrolysis) is 1. The number of nitrogens with one attached hydrogen (secondary N) is 4. The normalized spacial score (nSPS) is 12.7. The zero-order chi connectivity index (χ0) is 34.6. The molecule has 4 N–H and O–H groups in total. The Morgan fingerprint density at radius 3 is 2.08 bits per heavy atom. The van der Waals surface area contributed by atoms with Gasteiger partial charge >= 0.3 is 6.09 Å². The summed E-state index contributed by atoms with van der Waals surface area (Å²) in [6.45, 7) is 9.24. The summed E-state index contributed by atoms with van der Waals surface area (Å²) in [7, 11) is 0. The Morgan fingerprint density at radius 1 is 0.796 bits per heavy atom. The van der Waals surface area contributed by atoms with E-state index in [1.165, 1.54) is 10.9 Å². The molecule has 0 saturated heterocycles. The average Bonchev–Trinajstić information content (AvgIpc) is 3.78. The number of aromatic amines is 2. The lowest BCUT2D eigenvalue weighted by Gasteiger charge is -2.29. The van der Waals surface area contributed by atoms with E-state index in [0.717, 1.165) is 46.2 Å². The molecule has 0 aliphatic heterocycles. The summed E-state index contributed by atoms with van der Waals surface area (Å²) in [5.41, 5.74) is 3.58. The number of hydrogen-bond donors (Lipinski definition) is 4. The second kappa shape index (κ2) is 14.0. The van der Waals surface area contributed by atoms with E-state index in [2.05, 4.69) is 67.8 Å². The van der Waals surface area contributed by atoms with Crippen LogP contribution in [0, 0.1) is 0 Å². The Morgan fingerprint density at radius 2 is 1.41 bits per heavy atom. The Labute approximate surface area is 286 Å². The fourth-order valence-electron chi connectivity index (χ4n) is 6.19. The van der Waals surface area contributed by atoms with Crippen LogP contribution in [0.4, 0.5) is 4.79 Å². The molecule has 0 bridgehead atoms. The number of aryl methyl sites for hydroxylation is 2. The van der Waals surface area contributed by atoms with E-state index in [1.54, 1.807) is 34.6 Å². The lowest BCUT2D eigenvalue weighted by atomic mass is 10.0. The summed E-state index contributed by atoms with van der Waals surface area (Å²) < 4.78 is 7.60. The Kier molecular flexibility index (Phi) is 9.58. The predicted molar refractivity (Wildman–Crippen MR) is 192 cm³/mol. The highest BCUT2D eigenvalue weighted by Gasteiger charge is 2.35. The van der Waals surface area contributed by atoms with Crippen LogP contribution in [0.5, 0.6) is 0 Å². The van der Waals surface area contributed by atoms with Crippen molar-refractivity contribution in [2.75, 3.05) is 0 Å². The first-order valence-electron chi connectivity index (χ1n) is 16.8. The molecule has 49 heavy (non-hydrogen) atoms. The number of rotatable bonds is 12. The third-order valence-electron chi connectivity index (χ3n) is 8.66. The SMILES string of the molecule is CC(C)(C)OC(=O)NC(C)(C)C(=O)N[C@H](Cc1c[nH]c2ccccc12)c1nnc(CCCc2c[nH]c3ccccc23)n1Cc1ccccc1. The van der Waals surface area contributed by atoms with Crippen molar-refractivity contribution in [3.05, 3.63) is 120 Å². The number of fused-ring (bicyclic) bond motifs is 2. The average molecular weight is 660 g/mol. The van der Waals surface area contributed by atoms with Crippen LogP contribution in [-0.2, 0) is 35.3 Å². The molecule has 3 aromatic heterocycles. The summed E-state index contributed by atoms with van der Waals surface area (Å²) >= 11 is 0. The number of ether oxygens (including phenoxy) is 1. The summed E-state index contributed by atoms with van der Waals surface area (Å²) in [6, 6.07) is 26.1. The molecule has 6 aromatic rings. The van der Waals surface area contributed by atoms with Gasteiger partial charge in [0.1, 0.15) is 17.0 Å². The Bertz CT molecular complexity index is 2050. The van der Waals surface area contributed by atoms with E-state index in [4.69, 9.17) is 14.9 Å². The zero-order valence-corrected chi connectivity index (χ0v) is 28.8. The first-order chi connectivity index (χ1) is 23.5. The smallest absolute Gasteiger partial charge is 0.408 e. The van der Waals surface area contributed by atoms with Gasteiger partial charge in [0.15, 0.2) is 5.82 Å². The number of carbonyl (C=O) groups excluding carboxylic acids is 2. The standard InChI is InChI=1S/C39H45N7O3/c1-38(2,3)49-37(48)43-39(4,5)36(47)42-33(22-28-24-41-32-20-12-10-18-30(28)32)35-45-44-34(46(35)25-26-14-7-6-8-15-26)21-13-16-27-23-40-31-19-11-9-17-29(27)31/h6-12,14-15,17-20,23-24,33,40-41H,13,16,21-22,25H2,1-5H3,(H,42,47)(H,43,48)/t33-/m1/s1. The minimum Gasteiger partial charge on any atom is -0.444 e. The minimum absolute atomic E-state index is 0.363. The second-order valence-corrected chi connectivity index (χ2v) is 14.1. The van der Waals surface area contributed by atoms with Gasteiger partial charge in [0, 0.05) is 47.0 Å². The maximum atomic E-state index is 14.0. The van der Waals surface area contributed by atoms with Crippen molar-refractivity contribution in [2.24, 2.45) is 0 Å². The molecule has 0 spiro atoms. The lowest BCUT2D eigenvalue weighted by molar-refractivity contribution is -0.127. The maximum absolute atomic E-state index is 14.0. The van der Waals surface area contributed by atoms with Crippen LogP contribution in [0.2, 0.25) is 0 Å². The van der Waals surface area contributed by atoms with Gasteiger partial charge in [0.25, 0.3) is 0 Å². The van der Waals surface area contributed by atoms with E-state index in [9.17, 15) is 9.59 Å². The van der Waals surface area contributed by atoms with Gasteiger partial charge in [-0.05, 0) is 76.3 Å². The molecule has 10 heteroatoms. The minimum atomic E-state index is -1.27. The highest BCUT2D eigenvalue weighted by molar-refractivity contribution is 5.89. The molecule has 1 atom stereocenters. The number of benzene rings is 3. The van der Waals surface area contributed by atoms with Crippen molar-refractivity contribution < 1.29 is 14.3 Å². The molecule has 0 fully saturated rings. The maximum Gasteiger partial charge on any atom is 0.408 e. The zero-order valence-electron chi connectivity index (χ0n) is 28.8. The van der Waals surface area contributed by atoms with Crippen molar-refractivity contribution in [1.82, 2.24) is 35.4 Å². The van der Waals surface area contributed by atoms with Crippen LogP contribution >= 0.6 is 0 Å². The van der Waals surface area contributed by atoms with Crippen LogP contribution in [0.3, 0.4) is 0 Å². The quantitative estimate of drug-likeness (QED) is 0.111. The van der Waals surface area contributed by atoms with E-state index >= 15 is 0 Å². The van der Waals surface area contributed by atoms with E-state index in [1.807, 2.05) is 48.7 Å². The number of nitrogens with zero attached hydrogens (tertiary/aromatic N) is 3. The van der Waals surface area contributed by atoms with Crippen molar-refractivity contribution in [3.8, 4) is 0 Å². The van der Waals surface area contributed by atoms with E-state index in [0.29, 0.717) is 25.2 Å². The van der Waals surface area contributed by atoms with E-state index < -0.39 is 23.3 Å². The fourth-order valence-corrected chi connectivity index (χ4v) is 6.19. The molecule has 3 aromatic carbocycles. The van der Waals surface area contributed by atoms with Crippen LogP contribution in [0.1, 0.15) is 75.4 Å². The summed E-state index contributed by atoms with van der Waals surface area (Å²) in [6.07, 6.45) is 6.34. The number of amides is 2. The number of H-pyrrole nitrogens is 2. The highest BCUT2D eigenvalue weighted by Crippen LogP contribution is 2.27. The first-order valence-corrected chi connectivity index (χ1v) is 16.8. The number of aromatic nitrogens is 5. The van der Waals surface area contributed by atoms with Crippen LogP contribution < -0.4 is 10.6 Å². The Hall–Kier alpha value is -5.38. The predicted octanol–water partition coefficient (Wildman–Crippen LogP) is 7.17. The van der Waals surface area contributed by atoms with Gasteiger partial charge in [-0.25, -0.2) is 4.79 Å². The van der Waals surface area contributed by atoms with Crippen molar-refractivity contribution in [2.45, 2.75) is 84.0 Å². The molecule has 0 aliphatic rings. The molecule has 2 amide bonds. The molecule has 6 rings (SSSR count). The van der Waals surface area contributed by atoms with Crippen LogP contribution in [-0.4, -0.2) is 47.9 Å². The van der Waals surface area contributed by atoms with E-state index in [-0.39, 0.29) is 5.91 Å². The Balaban J connectivity index is 1.32. The van der Waals surface area contributed by atoms with Gasteiger partial charge in [-0.2, -0.15) is 0 Å². The molecule has 254 valence electrons. The van der Waals surface area contributed by atoms with Gasteiger partial charge in [-0.1, -0.05) is 66.7 Å². The highest BCUT2D eigenvalue weighted by atomic mass is 16.6. The topological polar surface area (TPSA) is 130 Å². The second-order valence-electron chi connectivity index (χ2n) is 14.1. The number of para-hydroxylation sites is 2. The lowest BCUT2D eigenvalue weighted by Crippen LogP contribution is -2.56. The van der Waals surface area contributed by atoms with Crippen molar-refractivity contribution in [1.29, 1.82) is 0 Å². The third-order valence-corrected chi connectivity index (χ3v) is 8.66. The monoisotopic (exact) mass is 659 g/mol. The summed E-state index contributed by atoms with van der Waals surface area (Å²) in [5, 5.41) is 17.8. The summed E-state index contributed by atoms with van der Waals surface area (Å²) in [5.74, 6) is 1.14. The number of carbonyl (C=O) groups is 2. The summed E-state index contributed by atoms with van der Waals surface area (Å²) in [4.78, 5) is 33.4. The van der Waals surface area contributed by atoms with Gasteiger partial charge in [-0.15, -0.1) is 10.2 Å². The van der Waals surface area contributed by atoms with Gasteiger partial charge in [-0.3, -0.25) is 4.79 Å². The van der Waals surface area contributed by atoms with Gasteiger partial charge in [0.05, 0.1) is 12.6 Å². The molecule has 0 unspecified atom stereocenters. The molecule has 0 aliphatic carbocycles. The van der Waals surface area contributed by atoms with Gasteiger partial charge in [0.2, 0.25) is 5.91 Å².